The van der Waals surface area contributed by atoms with E-state index in [-0.39, 0.29) is 15.5 Å². The van der Waals surface area contributed by atoms with Crippen LogP contribution in [-0.4, -0.2) is 62.1 Å². The van der Waals surface area contributed by atoms with Crippen molar-refractivity contribution in [2.45, 2.75) is 11.1 Å². The van der Waals surface area contributed by atoms with E-state index >= 15 is 0 Å². The van der Waals surface area contributed by atoms with Crippen LogP contribution in [0.3, 0.4) is 0 Å². The van der Waals surface area contributed by atoms with Gasteiger partial charge in [0.25, 0.3) is 10.0 Å². The Morgan fingerprint density at radius 3 is 2.65 bits per heavy atom. The molecule has 10 heteroatoms. The van der Waals surface area contributed by atoms with Crippen LogP contribution in [0, 0.1) is 0 Å². The Bertz CT molecular complexity index is 876. The molecule has 1 fully saturated rings. The first-order valence-corrected chi connectivity index (χ1v) is 10.5. The van der Waals surface area contributed by atoms with Gasteiger partial charge in [0.05, 0.1) is 11.3 Å². The minimum Gasteiger partial charge on any atom is -0.478 e. The molecule has 0 spiro atoms. The zero-order valence-corrected chi connectivity index (χ0v) is 15.9. The summed E-state index contributed by atoms with van der Waals surface area (Å²) in [6.45, 7) is 6.13. The molecule has 0 aromatic carbocycles. The number of sulfonamides is 1. The largest absolute Gasteiger partial charge is 0.478 e. The van der Waals surface area contributed by atoms with E-state index in [0.717, 1.165) is 31.0 Å². The number of aromatic carboxylic acids is 1. The standard InChI is InChI=1S/C16H20N4O4S2/c1-2-19-5-7-20(8-6-19)15-13(10-12(11-17-15)16(21)22)18-26(23,24)14-4-3-9-25-14/h3-4,9-11,18H,2,5-8H2,1H3,(H,21,22). The van der Waals surface area contributed by atoms with E-state index < -0.39 is 16.0 Å². The minimum atomic E-state index is -3.79. The maximum atomic E-state index is 12.6. The zero-order valence-electron chi connectivity index (χ0n) is 14.3. The third-order valence-electron chi connectivity index (χ3n) is 4.24. The van der Waals surface area contributed by atoms with Crippen molar-refractivity contribution in [2.75, 3.05) is 42.3 Å². The van der Waals surface area contributed by atoms with Crippen molar-refractivity contribution >= 4 is 38.8 Å². The van der Waals surface area contributed by atoms with Gasteiger partial charge in [-0.2, -0.15) is 0 Å². The third-order valence-corrected chi connectivity index (χ3v) is 7.00. The molecule has 8 nitrogen and oxygen atoms in total. The fourth-order valence-corrected chi connectivity index (χ4v) is 4.83. The predicted molar refractivity (Wildman–Crippen MR) is 101 cm³/mol. The summed E-state index contributed by atoms with van der Waals surface area (Å²) >= 11 is 1.10. The van der Waals surface area contributed by atoms with Crippen LogP contribution in [0.2, 0.25) is 0 Å². The molecule has 2 aromatic heterocycles. The molecule has 1 aliphatic rings. The molecule has 0 amide bonds. The highest BCUT2D eigenvalue weighted by molar-refractivity contribution is 7.94. The highest BCUT2D eigenvalue weighted by Crippen LogP contribution is 2.29. The van der Waals surface area contributed by atoms with Crippen molar-refractivity contribution in [1.82, 2.24) is 9.88 Å². The summed E-state index contributed by atoms with van der Waals surface area (Å²) in [6.07, 6.45) is 1.26. The normalized spacial score (nSPS) is 15.8. The van der Waals surface area contributed by atoms with Gasteiger partial charge in [0, 0.05) is 32.4 Å². The van der Waals surface area contributed by atoms with Crippen molar-refractivity contribution in [3.8, 4) is 0 Å². The van der Waals surface area contributed by atoms with Gasteiger partial charge in [-0.1, -0.05) is 13.0 Å². The summed E-state index contributed by atoms with van der Waals surface area (Å²) in [5, 5.41) is 10.9. The molecule has 2 aromatic rings. The van der Waals surface area contributed by atoms with Crippen LogP contribution in [-0.2, 0) is 10.0 Å². The summed E-state index contributed by atoms with van der Waals surface area (Å²) in [7, 11) is -3.79. The predicted octanol–water partition coefficient (Wildman–Crippen LogP) is 1.78. The number of hydrogen-bond acceptors (Lipinski definition) is 7. The fraction of sp³-hybridized carbons (Fsp3) is 0.375. The number of carboxylic acids is 1. The number of aromatic nitrogens is 1. The molecular weight excluding hydrogens is 376 g/mol. The van der Waals surface area contributed by atoms with Crippen LogP contribution in [0.4, 0.5) is 11.5 Å². The summed E-state index contributed by atoms with van der Waals surface area (Å²) in [6, 6.07) is 4.47. The van der Waals surface area contributed by atoms with Crippen molar-refractivity contribution in [3.63, 3.8) is 0 Å². The molecule has 0 aliphatic carbocycles. The van der Waals surface area contributed by atoms with Gasteiger partial charge in [0.2, 0.25) is 0 Å². The van der Waals surface area contributed by atoms with E-state index in [2.05, 4.69) is 21.5 Å². The lowest BCUT2D eigenvalue weighted by Crippen LogP contribution is -2.46. The second-order valence-corrected chi connectivity index (χ2v) is 8.72. The van der Waals surface area contributed by atoms with E-state index in [1.807, 2.05) is 4.90 Å². The van der Waals surface area contributed by atoms with Gasteiger partial charge < -0.3 is 14.9 Å². The number of anilines is 2. The Balaban J connectivity index is 1.93. The number of piperazine rings is 1. The van der Waals surface area contributed by atoms with Gasteiger partial charge in [-0.15, -0.1) is 11.3 Å². The third kappa shape index (κ3) is 3.97. The maximum absolute atomic E-state index is 12.6. The Morgan fingerprint density at radius 1 is 1.35 bits per heavy atom. The van der Waals surface area contributed by atoms with Gasteiger partial charge >= 0.3 is 5.97 Å². The van der Waals surface area contributed by atoms with Gasteiger partial charge in [-0.05, 0) is 24.1 Å². The zero-order chi connectivity index (χ0) is 18.7. The van der Waals surface area contributed by atoms with Gasteiger partial charge in [0.15, 0.2) is 5.82 Å². The summed E-state index contributed by atoms with van der Waals surface area (Å²) in [5.41, 5.74) is 0.119. The van der Waals surface area contributed by atoms with Crippen molar-refractivity contribution in [1.29, 1.82) is 0 Å². The van der Waals surface area contributed by atoms with Crippen LogP contribution < -0.4 is 9.62 Å². The molecular formula is C16H20N4O4S2. The molecule has 0 atom stereocenters. The number of pyridine rings is 1. The number of rotatable bonds is 6. The van der Waals surface area contributed by atoms with Crippen molar-refractivity contribution < 1.29 is 18.3 Å². The highest BCUT2D eigenvalue weighted by atomic mass is 32.2. The number of nitrogens with one attached hydrogen (secondary N) is 1. The quantitative estimate of drug-likeness (QED) is 0.767. The van der Waals surface area contributed by atoms with E-state index in [1.165, 1.54) is 18.3 Å². The summed E-state index contributed by atoms with van der Waals surface area (Å²) in [5.74, 6) is -0.706. The fourth-order valence-electron chi connectivity index (χ4n) is 2.79. The van der Waals surface area contributed by atoms with E-state index in [4.69, 9.17) is 0 Å². The van der Waals surface area contributed by atoms with Crippen molar-refractivity contribution in [2.24, 2.45) is 0 Å². The van der Waals surface area contributed by atoms with E-state index in [0.29, 0.717) is 18.9 Å². The molecule has 3 heterocycles. The molecule has 140 valence electrons. The lowest BCUT2D eigenvalue weighted by molar-refractivity contribution is 0.0696. The summed E-state index contributed by atoms with van der Waals surface area (Å²) < 4.78 is 27.8. The molecule has 0 unspecified atom stereocenters. The molecule has 2 N–H and O–H groups in total. The van der Waals surface area contributed by atoms with Gasteiger partial charge in [-0.25, -0.2) is 18.2 Å². The first kappa shape index (κ1) is 18.6. The second-order valence-electron chi connectivity index (χ2n) is 5.86. The number of thiophene rings is 1. The van der Waals surface area contributed by atoms with Crippen LogP contribution in [0.15, 0.2) is 34.0 Å². The lowest BCUT2D eigenvalue weighted by Gasteiger charge is -2.35. The van der Waals surface area contributed by atoms with Crippen LogP contribution in [0.25, 0.3) is 0 Å². The molecule has 0 saturated carbocycles. The topological polar surface area (TPSA) is 103 Å². The smallest absolute Gasteiger partial charge is 0.337 e. The van der Waals surface area contributed by atoms with Crippen molar-refractivity contribution in [3.05, 3.63) is 35.3 Å². The Labute approximate surface area is 156 Å². The van der Waals surface area contributed by atoms with E-state index in [1.54, 1.807) is 11.4 Å². The Kier molecular flexibility index (Phi) is 5.44. The monoisotopic (exact) mass is 396 g/mol. The number of likely N-dealkylation sites (N-methyl/N-ethyl adjacent to an activating group) is 1. The number of carbonyl (C=O) groups is 1. The maximum Gasteiger partial charge on any atom is 0.337 e. The highest BCUT2D eigenvalue weighted by Gasteiger charge is 2.24. The first-order valence-electron chi connectivity index (χ1n) is 8.17. The molecule has 3 rings (SSSR count). The lowest BCUT2D eigenvalue weighted by atomic mass is 10.2. The summed E-state index contributed by atoms with van der Waals surface area (Å²) in [4.78, 5) is 19.8. The van der Waals surface area contributed by atoms with Crippen LogP contribution >= 0.6 is 11.3 Å². The molecule has 1 saturated heterocycles. The molecule has 1 aliphatic heterocycles. The number of nitrogens with zero attached hydrogens (tertiary/aromatic N) is 3. The number of hydrogen-bond donors (Lipinski definition) is 2. The number of carboxylic acid groups (broad SMARTS) is 1. The van der Waals surface area contributed by atoms with Gasteiger partial charge in [0.1, 0.15) is 4.21 Å². The van der Waals surface area contributed by atoms with Crippen LogP contribution in [0.5, 0.6) is 0 Å². The Hall–Kier alpha value is -2.17. The molecule has 26 heavy (non-hydrogen) atoms. The SMILES string of the molecule is CCN1CCN(c2ncc(C(=O)O)cc2NS(=O)(=O)c2cccs2)CC1. The average molecular weight is 396 g/mol. The van der Waals surface area contributed by atoms with Gasteiger partial charge in [-0.3, -0.25) is 4.72 Å². The molecule has 0 radical (unpaired) electrons. The average Bonchev–Trinajstić information content (AvgIpc) is 3.17. The minimum absolute atomic E-state index is 0.0650. The first-order chi connectivity index (χ1) is 12.4. The second kappa shape index (κ2) is 7.60. The van der Waals surface area contributed by atoms with Crippen LogP contribution in [0.1, 0.15) is 17.3 Å². The Morgan fingerprint density at radius 2 is 2.08 bits per heavy atom. The molecule has 0 bridgehead atoms. The van der Waals surface area contributed by atoms with E-state index in [9.17, 15) is 18.3 Å².